The summed E-state index contributed by atoms with van der Waals surface area (Å²) >= 11 is 0. The van der Waals surface area contributed by atoms with Crippen LogP contribution in [0.1, 0.15) is 37.8 Å². The lowest BCUT2D eigenvalue weighted by Crippen LogP contribution is -2.12. The van der Waals surface area contributed by atoms with E-state index in [4.69, 9.17) is 9.47 Å². The van der Waals surface area contributed by atoms with Gasteiger partial charge in [-0.05, 0) is 109 Å². The van der Waals surface area contributed by atoms with Crippen molar-refractivity contribution in [2.45, 2.75) is 39.5 Å². The fourth-order valence-electron chi connectivity index (χ4n) is 6.18. The Morgan fingerprint density at radius 3 is 1.04 bits per heavy atom. The third-order valence-electron chi connectivity index (χ3n) is 8.49. The molecular weight excluding hydrogens is 564 g/mol. The van der Waals surface area contributed by atoms with Gasteiger partial charge in [-0.3, -0.25) is 0 Å². The van der Waals surface area contributed by atoms with Gasteiger partial charge in [0.2, 0.25) is 0 Å². The zero-order valence-corrected chi connectivity index (χ0v) is 27.2. The number of fused-ring (bicyclic) bond motifs is 1. The maximum atomic E-state index is 5.50. The molecule has 0 amide bonds. The molecule has 0 N–H and O–H groups in total. The van der Waals surface area contributed by atoms with Crippen LogP contribution in [0.4, 0.5) is 34.1 Å². The van der Waals surface area contributed by atoms with Gasteiger partial charge in [0.05, 0.1) is 25.6 Å². The summed E-state index contributed by atoms with van der Waals surface area (Å²) in [5.74, 6) is 1.67. The van der Waals surface area contributed by atoms with Gasteiger partial charge in [0.25, 0.3) is 0 Å². The number of methoxy groups -OCH3 is 2. The molecule has 0 bridgehead atoms. The molecule has 0 aliphatic rings. The van der Waals surface area contributed by atoms with Crippen molar-refractivity contribution in [1.29, 1.82) is 0 Å². The largest absolute Gasteiger partial charge is 0.497 e. The average molecular weight is 607 g/mol. The molecule has 4 heteroatoms. The maximum absolute atomic E-state index is 5.50. The zero-order valence-electron chi connectivity index (χ0n) is 27.2. The second kappa shape index (κ2) is 14.3. The van der Waals surface area contributed by atoms with Crippen LogP contribution >= 0.6 is 0 Å². The standard InChI is InChI=1S/C42H42N2O2/c1-5-9-31-15-19-33(20-16-31)43(35-23-27-37(45-3)28-24-35)41-13-7-12-40-39(41)11-8-14-42(40)44(36-25-29-38(46-4)30-26-36)34-21-17-32(10-6-2)18-22-34/h7-8,11-30H,5-6,9-10H2,1-4H3. The summed E-state index contributed by atoms with van der Waals surface area (Å²) in [6.07, 6.45) is 4.39. The molecule has 6 rings (SSSR count). The highest BCUT2D eigenvalue weighted by Gasteiger charge is 2.20. The van der Waals surface area contributed by atoms with Gasteiger partial charge in [-0.1, -0.05) is 75.2 Å². The zero-order chi connectivity index (χ0) is 31.9. The Kier molecular flexibility index (Phi) is 9.54. The van der Waals surface area contributed by atoms with Crippen molar-refractivity contribution in [2.75, 3.05) is 24.0 Å². The molecule has 0 spiro atoms. The third-order valence-corrected chi connectivity index (χ3v) is 8.49. The molecule has 0 aliphatic carbocycles. The van der Waals surface area contributed by atoms with Gasteiger partial charge in [-0.2, -0.15) is 0 Å². The predicted molar refractivity (Wildman–Crippen MR) is 194 cm³/mol. The number of aryl methyl sites for hydroxylation is 2. The molecule has 0 saturated heterocycles. The molecule has 0 aromatic heterocycles. The highest BCUT2D eigenvalue weighted by atomic mass is 16.5. The number of nitrogens with zero attached hydrogens (tertiary/aromatic N) is 2. The van der Waals surface area contributed by atoms with E-state index in [0.717, 1.165) is 82.1 Å². The van der Waals surface area contributed by atoms with Crippen LogP contribution in [0.5, 0.6) is 11.5 Å². The van der Waals surface area contributed by atoms with E-state index in [1.807, 2.05) is 24.3 Å². The van der Waals surface area contributed by atoms with Crippen LogP contribution in [0.3, 0.4) is 0 Å². The third kappa shape index (κ3) is 6.43. The van der Waals surface area contributed by atoms with Crippen LogP contribution in [0.15, 0.2) is 133 Å². The molecule has 46 heavy (non-hydrogen) atoms. The van der Waals surface area contributed by atoms with Gasteiger partial charge < -0.3 is 19.3 Å². The predicted octanol–water partition coefficient (Wildman–Crippen LogP) is 11.7. The Labute approximate surface area is 273 Å². The molecule has 232 valence electrons. The van der Waals surface area contributed by atoms with E-state index >= 15 is 0 Å². The number of rotatable bonds is 12. The molecule has 0 aliphatic heterocycles. The van der Waals surface area contributed by atoms with Crippen LogP contribution in [0.2, 0.25) is 0 Å². The Hall–Kier alpha value is -5.22. The second-order valence-corrected chi connectivity index (χ2v) is 11.5. The molecular formula is C42H42N2O2. The van der Waals surface area contributed by atoms with Crippen molar-refractivity contribution in [1.82, 2.24) is 0 Å². The van der Waals surface area contributed by atoms with Crippen molar-refractivity contribution in [3.8, 4) is 11.5 Å². The summed E-state index contributed by atoms with van der Waals surface area (Å²) in [6.45, 7) is 4.44. The van der Waals surface area contributed by atoms with Crippen molar-refractivity contribution in [3.63, 3.8) is 0 Å². The van der Waals surface area contributed by atoms with Gasteiger partial charge in [0.1, 0.15) is 11.5 Å². The van der Waals surface area contributed by atoms with Crippen LogP contribution < -0.4 is 19.3 Å². The van der Waals surface area contributed by atoms with Crippen molar-refractivity contribution in [2.24, 2.45) is 0 Å². The Balaban J connectivity index is 1.53. The van der Waals surface area contributed by atoms with Gasteiger partial charge in [-0.15, -0.1) is 0 Å². The summed E-state index contributed by atoms with van der Waals surface area (Å²) in [4.78, 5) is 4.69. The number of hydrogen-bond donors (Lipinski definition) is 0. The van der Waals surface area contributed by atoms with Crippen LogP contribution in [0, 0.1) is 0 Å². The minimum atomic E-state index is 0.835. The lowest BCUT2D eigenvalue weighted by atomic mass is 10.0. The van der Waals surface area contributed by atoms with E-state index in [0.29, 0.717) is 0 Å². The van der Waals surface area contributed by atoms with Crippen molar-refractivity contribution >= 4 is 44.9 Å². The topological polar surface area (TPSA) is 24.9 Å². The van der Waals surface area contributed by atoms with E-state index in [1.165, 1.54) is 11.1 Å². The van der Waals surface area contributed by atoms with E-state index in [-0.39, 0.29) is 0 Å². The molecule has 0 fully saturated rings. The molecule has 6 aromatic rings. The summed E-state index contributed by atoms with van der Waals surface area (Å²) in [5, 5.41) is 2.32. The first-order valence-corrected chi connectivity index (χ1v) is 16.2. The average Bonchev–Trinajstić information content (AvgIpc) is 3.11. The van der Waals surface area contributed by atoms with Gasteiger partial charge in [-0.25, -0.2) is 0 Å². The van der Waals surface area contributed by atoms with Gasteiger partial charge in [0, 0.05) is 33.5 Å². The Morgan fingerprint density at radius 1 is 0.413 bits per heavy atom. The summed E-state index contributed by atoms with van der Waals surface area (Å²) in [7, 11) is 3.41. The fraction of sp³-hybridized carbons (Fsp3) is 0.190. The second-order valence-electron chi connectivity index (χ2n) is 11.5. The maximum Gasteiger partial charge on any atom is 0.119 e. The fourth-order valence-corrected chi connectivity index (χ4v) is 6.18. The van der Waals surface area contributed by atoms with Crippen molar-refractivity contribution in [3.05, 3.63) is 145 Å². The Morgan fingerprint density at radius 2 is 0.739 bits per heavy atom. The van der Waals surface area contributed by atoms with Gasteiger partial charge in [0.15, 0.2) is 0 Å². The molecule has 0 heterocycles. The number of benzene rings is 6. The first-order chi connectivity index (χ1) is 22.6. The highest BCUT2D eigenvalue weighted by molar-refractivity contribution is 6.06. The van der Waals surface area contributed by atoms with E-state index in [9.17, 15) is 0 Å². The monoisotopic (exact) mass is 606 g/mol. The molecule has 4 nitrogen and oxygen atoms in total. The van der Waals surface area contributed by atoms with E-state index in [2.05, 4.69) is 133 Å². The first kappa shape index (κ1) is 30.8. The quantitative estimate of drug-likeness (QED) is 0.138. The summed E-state index contributed by atoms with van der Waals surface area (Å²) in [6, 6.07) is 47.8. The van der Waals surface area contributed by atoms with Crippen LogP contribution in [-0.2, 0) is 12.8 Å². The molecule has 6 aromatic carbocycles. The lowest BCUT2D eigenvalue weighted by Gasteiger charge is -2.30. The first-order valence-electron chi connectivity index (χ1n) is 16.2. The highest BCUT2D eigenvalue weighted by Crippen LogP contribution is 2.44. The number of anilines is 6. The normalized spacial score (nSPS) is 11.0. The Bertz CT molecular complexity index is 1720. The molecule has 0 radical (unpaired) electrons. The SMILES string of the molecule is CCCc1ccc(N(c2ccc(OC)cc2)c2cccc3c(N(c4ccc(CCC)cc4)c4ccc(OC)cc4)cccc23)cc1. The minimum Gasteiger partial charge on any atom is -0.497 e. The smallest absolute Gasteiger partial charge is 0.119 e. The lowest BCUT2D eigenvalue weighted by molar-refractivity contribution is 0.414. The number of ether oxygens (including phenoxy) is 2. The summed E-state index contributed by atoms with van der Waals surface area (Å²) < 4.78 is 11.0. The molecule has 0 atom stereocenters. The minimum absolute atomic E-state index is 0.835. The molecule has 0 saturated carbocycles. The van der Waals surface area contributed by atoms with Crippen LogP contribution in [-0.4, -0.2) is 14.2 Å². The van der Waals surface area contributed by atoms with Gasteiger partial charge >= 0.3 is 0 Å². The molecule has 0 unspecified atom stereocenters. The number of hydrogen-bond acceptors (Lipinski definition) is 4. The van der Waals surface area contributed by atoms with E-state index < -0.39 is 0 Å². The van der Waals surface area contributed by atoms with Crippen LogP contribution in [0.25, 0.3) is 10.8 Å². The van der Waals surface area contributed by atoms with Crippen molar-refractivity contribution < 1.29 is 9.47 Å². The van der Waals surface area contributed by atoms with E-state index in [1.54, 1.807) is 14.2 Å². The summed E-state index contributed by atoms with van der Waals surface area (Å²) in [5.41, 5.74) is 9.28.